The molecule has 0 aliphatic heterocycles. The fourth-order valence-corrected chi connectivity index (χ4v) is 2.59. The summed E-state index contributed by atoms with van der Waals surface area (Å²) in [5.74, 6) is 0.419. The predicted molar refractivity (Wildman–Crippen MR) is 97.4 cm³/mol. The van der Waals surface area contributed by atoms with E-state index >= 15 is 0 Å². The number of amides is 1. The minimum Gasteiger partial charge on any atom is -0.339 e. The second-order valence-corrected chi connectivity index (χ2v) is 6.32. The number of aromatic nitrogens is 2. The molecule has 0 radical (unpaired) electrons. The minimum atomic E-state index is -0.321. The van der Waals surface area contributed by atoms with Crippen LogP contribution < -0.4 is 5.32 Å². The van der Waals surface area contributed by atoms with E-state index in [4.69, 9.17) is 16.1 Å². The molecule has 7 heteroatoms. The molecule has 2 aromatic carbocycles. The van der Waals surface area contributed by atoms with E-state index in [9.17, 15) is 9.18 Å². The van der Waals surface area contributed by atoms with Crippen LogP contribution in [0.1, 0.15) is 24.3 Å². The molecule has 0 bridgehead atoms. The van der Waals surface area contributed by atoms with Gasteiger partial charge in [0.15, 0.2) is 0 Å². The fourth-order valence-electron chi connectivity index (χ4n) is 2.41. The van der Waals surface area contributed by atoms with Crippen molar-refractivity contribution in [3.05, 3.63) is 64.8 Å². The molecule has 1 heterocycles. The predicted octanol–water partition coefficient (Wildman–Crippen LogP) is 4.80. The first-order chi connectivity index (χ1) is 12.5. The number of halogens is 2. The van der Waals surface area contributed by atoms with Crippen LogP contribution in [0.5, 0.6) is 0 Å². The summed E-state index contributed by atoms with van der Waals surface area (Å²) in [7, 11) is 0. The molecule has 3 rings (SSSR count). The van der Waals surface area contributed by atoms with Gasteiger partial charge in [0.05, 0.1) is 0 Å². The zero-order chi connectivity index (χ0) is 18.5. The summed E-state index contributed by atoms with van der Waals surface area (Å²) in [6, 6.07) is 11.2. The van der Waals surface area contributed by atoms with Crippen LogP contribution in [-0.4, -0.2) is 16.0 Å². The number of carbonyl (C=O) groups excluding carboxylic acids is 1. The summed E-state index contributed by atoms with van der Waals surface area (Å²) < 4.78 is 18.1. The molecule has 0 aliphatic rings. The number of anilines is 1. The Morgan fingerprint density at radius 3 is 2.77 bits per heavy atom. The molecule has 5 nitrogen and oxygen atoms in total. The Kier molecular flexibility index (Phi) is 5.63. The van der Waals surface area contributed by atoms with E-state index < -0.39 is 0 Å². The summed E-state index contributed by atoms with van der Waals surface area (Å²) in [5, 5.41) is 7.30. The first-order valence-corrected chi connectivity index (χ1v) is 8.53. The van der Waals surface area contributed by atoms with Gasteiger partial charge in [0.1, 0.15) is 5.82 Å². The van der Waals surface area contributed by atoms with Crippen molar-refractivity contribution in [2.75, 3.05) is 5.32 Å². The molecule has 3 aromatic rings. The van der Waals surface area contributed by atoms with Crippen molar-refractivity contribution in [3.63, 3.8) is 0 Å². The highest BCUT2D eigenvalue weighted by molar-refractivity contribution is 6.31. The number of carbonyl (C=O) groups is 1. The van der Waals surface area contributed by atoms with E-state index in [1.54, 1.807) is 24.3 Å². The molecule has 0 unspecified atom stereocenters. The highest BCUT2D eigenvalue weighted by Crippen LogP contribution is 2.21. The first kappa shape index (κ1) is 18.1. The molecular weight excluding hydrogens is 357 g/mol. The van der Waals surface area contributed by atoms with Crippen molar-refractivity contribution >= 4 is 23.2 Å². The van der Waals surface area contributed by atoms with Crippen LogP contribution in [0.3, 0.4) is 0 Å². The third-order valence-corrected chi connectivity index (χ3v) is 4.07. The largest absolute Gasteiger partial charge is 0.339 e. The number of benzene rings is 2. The minimum absolute atomic E-state index is 0.103. The van der Waals surface area contributed by atoms with Gasteiger partial charge in [0.25, 0.3) is 0 Å². The van der Waals surface area contributed by atoms with Gasteiger partial charge in [-0.15, -0.1) is 0 Å². The smallest absolute Gasteiger partial charge is 0.226 e. The average molecular weight is 374 g/mol. The maximum absolute atomic E-state index is 12.9. The molecule has 0 spiro atoms. The van der Waals surface area contributed by atoms with E-state index in [1.165, 1.54) is 12.1 Å². The summed E-state index contributed by atoms with van der Waals surface area (Å²) in [4.78, 5) is 16.3. The zero-order valence-corrected chi connectivity index (χ0v) is 14.9. The van der Waals surface area contributed by atoms with Crippen molar-refractivity contribution in [1.82, 2.24) is 10.1 Å². The number of nitrogens with one attached hydrogen (secondary N) is 1. The van der Waals surface area contributed by atoms with Gasteiger partial charge in [0.2, 0.25) is 17.6 Å². The van der Waals surface area contributed by atoms with Crippen LogP contribution >= 0.6 is 11.6 Å². The highest BCUT2D eigenvalue weighted by Gasteiger charge is 2.10. The van der Waals surface area contributed by atoms with Crippen LogP contribution in [0, 0.1) is 12.7 Å². The molecule has 1 aromatic heterocycles. The van der Waals surface area contributed by atoms with Crippen LogP contribution in [0.25, 0.3) is 11.4 Å². The van der Waals surface area contributed by atoms with Gasteiger partial charge in [0, 0.05) is 29.1 Å². The molecule has 134 valence electrons. The SMILES string of the molecule is Cc1ccc(Cl)cc1NC(=O)CCCc1nc(-c2ccc(F)cc2)no1. The number of rotatable bonds is 6. The maximum atomic E-state index is 12.9. The first-order valence-electron chi connectivity index (χ1n) is 8.16. The van der Waals surface area contributed by atoms with E-state index in [0.717, 1.165) is 5.56 Å². The Hall–Kier alpha value is -2.73. The third-order valence-electron chi connectivity index (χ3n) is 3.84. The van der Waals surface area contributed by atoms with Crippen molar-refractivity contribution in [3.8, 4) is 11.4 Å². The second-order valence-electron chi connectivity index (χ2n) is 5.88. The van der Waals surface area contributed by atoms with Gasteiger partial charge in [-0.3, -0.25) is 4.79 Å². The van der Waals surface area contributed by atoms with Crippen molar-refractivity contribution < 1.29 is 13.7 Å². The number of hydrogen-bond donors (Lipinski definition) is 1. The normalized spacial score (nSPS) is 10.7. The topological polar surface area (TPSA) is 68.0 Å². The number of hydrogen-bond acceptors (Lipinski definition) is 4. The van der Waals surface area contributed by atoms with E-state index in [-0.39, 0.29) is 11.7 Å². The lowest BCUT2D eigenvalue weighted by molar-refractivity contribution is -0.116. The maximum Gasteiger partial charge on any atom is 0.226 e. The summed E-state index contributed by atoms with van der Waals surface area (Å²) >= 11 is 5.95. The molecule has 0 saturated carbocycles. The monoisotopic (exact) mass is 373 g/mol. The van der Waals surface area contributed by atoms with E-state index in [0.29, 0.717) is 47.3 Å². The lowest BCUT2D eigenvalue weighted by atomic mass is 10.2. The third kappa shape index (κ3) is 4.67. The summed E-state index contributed by atoms with van der Waals surface area (Å²) in [6.07, 6.45) is 1.37. The number of aryl methyl sites for hydroxylation is 2. The molecular formula is C19H17ClFN3O2. The van der Waals surface area contributed by atoms with Gasteiger partial charge >= 0.3 is 0 Å². The Balaban J connectivity index is 1.51. The fraction of sp³-hybridized carbons (Fsp3) is 0.211. The Morgan fingerprint density at radius 1 is 1.23 bits per heavy atom. The lowest BCUT2D eigenvalue weighted by Crippen LogP contribution is -2.12. The van der Waals surface area contributed by atoms with Gasteiger partial charge in [-0.1, -0.05) is 22.8 Å². The van der Waals surface area contributed by atoms with Gasteiger partial charge in [-0.25, -0.2) is 4.39 Å². The van der Waals surface area contributed by atoms with E-state index in [2.05, 4.69) is 15.5 Å². The van der Waals surface area contributed by atoms with Crippen molar-refractivity contribution in [1.29, 1.82) is 0 Å². The van der Waals surface area contributed by atoms with Crippen LogP contribution in [0.2, 0.25) is 5.02 Å². The quantitative estimate of drug-likeness (QED) is 0.674. The van der Waals surface area contributed by atoms with Crippen LogP contribution in [0.4, 0.5) is 10.1 Å². The average Bonchev–Trinajstić information content (AvgIpc) is 3.08. The van der Waals surface area contributed by atoms with Gasteiger partial charge in [-0.05, 0) is 55.3 Å². The molecule has 0 saturated heterocycles. The van der Waals surface area contributed by atoms with Crippen molar-refractivity contribution in [2.45, 2.75) is 26.2 Å². The van der Waals surface area contributed by atoms with Crippen LogP contribution in [-0.2, 0) is 11.2 Å². The second kappa shape index (κ2) is 8.10. The Labute approximate surface area is 155 Å². The van der Waals surface area contributed by atoms with Crippen LogP contribution in [0.15, 0.2) is 47.0 Å². The van der Waals surface area contributed by atoms with E-state index in [1.807, 2.05) is 13.0 Å². The number of nitrogens with zero attached hydrogens (tertiary/aromatic N) is 2. The lowest BCUT2D eigenvalue weighted by Gasteiger charge is -2.08. The summed E-state index contributed by atoms with van der Waals surface area (Å²) in [6.45, 7) is 1.90. The molecule has 0 fully saturated rings. The molecule has 0 atom stereocenters. The molecule has 26 heavy (non-hydrogen) atoms. The molecule has 1 N–H and O–H groups in total. The molecule has 0 aliphatic carbocycles. The zero-order valence-electron chi connectivity index (χ0n) is 14.1. The van der Waals surface area contributed by atoms with Crippen molar-refractivity contribution in [2.24, 2.45) is 0 Å². The Bertz CT molecular complexity index is 909. The summed E-state index contributed by atoms with van der Waals surface area (Å²) in [5.41, 5.74) is 2.33. The Morgan fingerprint density at radius 2 is 2.00 bits per heavy atom. The highest BCUT2D eigenvalue weighted by atomic mass is 35.5. The van der Waals surface area contributed by atoms with Gasteiger partial charge < -0.3 is 9.84 Å². The molecule has 1 amide bonds. The van der Waals surface area contributed by atoms with Gasteiger partial charge in [-0.2, -0.15) is 4.98 Å². The standard InChI is InChI=1S/C19H17ClFN3O2/c1-12-5-8-14(20)11-16(12)22-17(25)3-2-4-18-23-19(24-26-18)13-6-9-15(21)10-7-13/h5-11H,2-4H2,1H3,(H,22,25).